The molecule has 6 nitrogen and oxygen atoms in total. The molecule has 0 radical (unpaired) electrons. The predicted octanol–water partition coefficient (Wildman–Crippen LogP) is 5.05. The predicted molar refractivity (Wildman–Crippen MR) is 107 cm³/mol. The first-order valence-corrected chi connectivity index (χ1v) is 9.16. The molecule has 0 spiro atoms. The molecule has 0 saturated carbocycles. The Morgan fingerprint density at radius 2 is 1.89 bits per heavy atom. The van der Waals surface area contributed by atoms with Crippen molar-refractivity contribution in [3.8, 4) is 11.4 Å². The van der Waals surface area contributed by atoms with Crippen molar-refractivity contribution in [2.24, 2.45) is 0 Å². The van der Waals surface area contributed by atoms with Gasteiger partial charge in [-0.05, 0) is 55.3 Å². The number of carbonyl (C=O) groups is 1. The Morgan fingerprint density at radius 3 is 2.63 bits per heavy atom. The van der Waals surface area contributed by atoms with Crippen LogP contribution in [0.5, 0.6) is 0 Å². The average Bonchev–Trinajstić information content (AvgIpc) is 3.12. The van der Waals surface area contributed by atoms with Gasteiger partial charge in [0.1, 0.15) is 0 Å². The fraction of sp³-hybridized carbons (Fsp3) is 0.250. The van der Waals surface area contributed by atoms with Crippen LogP contribution in [0.25, 0.3) is 11.4 Å². The molecule has 0 unspecified atom stereocenters. The van der Waals surface area contributed by atoms with Crippen molar-refractivity contribution in [3.63, 3.8) is 0 Å². The third-order valence-corrected chi connectivity index (χ3v) is 4.34. The normalized spacial score (nSPS) is 10.6. The van der Waals surface area contributed by atoms with E-state index in [-0.39, 0.29) is 5.91 Å². The molecule has 27 heavy (non-hydrogen) atoms. The van der Waals surface area contributed by atoms with Crippen molar-refractivity contribution >= 4 is 28.9 Å². The van der Waals surface area contributed by atoms with Gasteiger partial charge in [-0.15, -0.1) is 0 Å². The van der Waals surface area contributed by atoms with Crippen LogP contribution in [-0.2, 0) is 11.3 Å². The molecule has 0 fully saturated rings. The fourth-order valence-electron chi connectivity index (χ4n) is 2.62. The van der Waals surface area contributed by atoms with E-state index in [0.717, 1.165) is 28.9 Å². The molecule has 3 aromatic rings. The summed E-state index contributed by atoms with van der Waals surface area (Å²) in [5.41, 5.74) is 3.49. The monoisotopic (exact) mass is 384 g/mol. The number of amides is 1. The molecule has 0 aliphatic carbocycles. The number of hydrogen-bond acceptors (Lipinski definition) is 5. The Morgan fingerprint density at radius 1 is 1.15 bits per heavy atom. The summed E-state index contributed by atoms with van der Waals surface area (Å²) in [6.45, 7) is 4.32. The summed E-state index contributed by atoms with van der Waals surface area (Å²) in [7, 11) is 0. The van der Waals surface area contributed by atoms with Gasteiger partial charge in [0.25, 0.3) is 0 Å². The zero-order valence-electron chi connectivity index (χ0n) is 15.3. The minimum Gasteiger partial charge on any atom is -0.376 e. The lowest BCUT2D eigenvalue weighted by atomic mass is 10.1. The largest absolute Gasteiger partial charge is 0.376 e. The Kier molecular flexibility index (Phi) is 6.08. The van der Waals surface area contributed by atoms with E-state index >= 15 is 0 Å². The third kappa shape index (κ3) is 4.86. The summed E-state index contributed by atoms with van der Waals surface area (Å²) in [5, 5.41) is 10.9. The number of benzene rings is 2. The number of hydrogen-bond donors (Lipinski definition) is 2. The van der Waals surface area contributed by atoms with Crippen molar-refractivity contribution in [2.75, 3.05) is 10.6 Å². The number of halogens is 1. The second-order valence-corrected chi connectivity index (χ2v) is 6.58. The summed E-state index contributed by atoms with van der Waals surface area (Å²) in [5.74, 6) is 1.00. The van der Waals surface area contributed by atoms with E-state index in [0.29, 0.717) is 29.7 Å². The van der Waals surface area contributed by atoms with Crippen LogP contribution >= 0.6 is 11.6 Å². The number of carbonyl (C=O) groups excluding carboxylic acids is 1. The number of anilines is 2. The molecule has 2 N–H and O–H groups in total. The average molecular weight is 385 g/mol. The number of aromatic nitrogens is 2. The van der Waals surface area contributed by atoms with Crippen molar-refractivity contribution < 1.29 is 9.32 Å². The smallest absolute Gasteiger partial charge is 0.246 e. The Labute approximate surface area is 162 Å². The maximum absolute atomic E-state index is 11.8. The van der Waals surface area contributed by atoms with Gasteiger partial charge in [-0.1, -0.05) is 29.7 Å². The van der Waals surface area contributed by atoms with E-state index < -0.39 is 0 Å². The van der Waals surface area contributed by atoms with Crippen LogP contribution in [0.3, 0.4) is 0 Å². The van der Waals surface area contributed by atoms with Gasteiger partial charge in [0.15, 0.2) is 0 Å². The second-order valence-electron chi connectivity index (χ2n) is 6.15. The highest BCUT2D eigenvalue weighted by molar-refractivity contribution is 6.30. The van der Waals surface area contributed by atoms with Crippen LogP contribution in [0.1, 0.15) is 31.2 Å². The van der Waals surface area contributed by atoms with Crippen LogP contribution < -0.4 is 10.6 Å². The highest BCUT2D eigenvalue weighted by atomic mass is 35.5. The summed E-state index contributed by atoms with van der Waals surface area (Å²) in [6, 6.07) is 13.0. The quantitative estimate of drug-likeness (QED) is 0.595. The van der Waals surface area contributed by atoms with E-state index in [9.17, 15) is 4.79 Å². The molecule has 0 saturated heterocycles. The Bertz CT molecular complexity index is 922. The standard InChI is InChI=1S/C20H21ClN4O2/c1-3-5-18(26)23-17-7-4-6-16(13(17)2)22-12-19-24-20(25-27-19)14-8-10-15(21)11-9-14/h4,6-11,22H,3,5,12H2,1-2H3,(H,23,26). The molecule has 2 aromatic carbocycles. The number of nitrogens with zero attached hydrogens (tertiary/aromatic N) is 2. The lowest BCUT2D eigenvalue weighted by Crippen LogP contribution is -2.12. The maximum atomic E-state index is 11.8. The summed E-state index contributed by atoms with van der Waals surface area (Å²) >= 11 is 5.90. The molecule has 3 rings (SSSR count). The lowest BCUT2D eigenvalue weighted by molar-refractivity contribution is -0.116. The molecule has 0 aliphatic heterocycles. The molecule has 7 heteroatoms. The minimum atomic E-state index is 0.0160. The summed E-state index contributed by atoms with van der Waals surface area (Å²) < 4.78 is 5.31. The topological polar surface area (TPSA) is 80.0 Å². The van der Waals surface area contributed by atoms with Crippen LogP contribution in [0, 0.1) is 6.92 Å². The molecule has 0 atom stereocenters. The van der Waals surface area contributed by atoms with E-state index in [2.05, 4.69) is 20.8 Å². The summed E-state index contributed by atoms with van der Waals surface area (Å²) in [6.07, 6.45) is 1.32. The van der Waals surface area contributed by atoms with Crippen molar-refractivity contribution in [1.82, 2.24) is 10.1 Å². The highest BCUT2D eigenvalue weighted by Gasteiger charge is 2.11. The second kappa shape index (κ2) is 8.68. The van der Waals surface area contributed by atoms with E-state index in [4.69, 9.17) is 16.1 Å². The van der Waals surface area contributed by atoms with Crippen molar-refractivity contribution in [1.29, 1.82) is 0 Å². The van der Waals surface area contributed by atoms with Gasteiger partial charge < -0.3 is 15.2 Å². The van der Waals surface area contributed by atoms with Crippen molar-refractivity contribution in [3.05, 3.63) is 58.9 Å². The third-order valence-electron chi connectivity index (χ3n) is 4.09. The maximum Gasteiger partial charge on any atom is 0.246 e. The van der Waals surface area contributed by atoms with E-state index in [1.807, 2.05) is 44.2 Å². The van der Waals surface area contributed by atoms with Crippen LogP contribution in [0.2, 0.25) is 5.02 Å². The van der Waals surface area contributed by atoms with Crippen LogP contribution in [-0.4, -0.2) is 16.0 Å². The SMILES string of the molecule is CCCC(=O)Nc1cccc(NCc2nc(-c3ccc(Cl)cc3)no2)c1C. The minimum absolute atomic E-state index is 0.0160. The van der Waals surface area contributed by atoms with Gasteiger partial charge in [0, 0.05) is 28.4 Å². The Balaban J connectivity index is 1.67. The molecule has 0 aliphatic rings. The molecule has 140 valence electrons. The van der Waals surface area contributed by atoms with Gasteiger partial charge in [0.2, 0.25) is 17.6 Å². The van der Waals surface area contributed by atoms with Crippen LogP contribution in [0.4, 0.5) is 11.4 Å². The first-order chi connectivity index (χ1) is 13.1. The van der Waals surface area contributed by atoms with E-state index in [1.54, 1.807) is 12.1 Å². The fourth-order valence-corrected chi connectivity index (χ4v) is 2.74. The first kappa shape index (κ1) is 18.9. The number of nitrogens with one attached hydrogen (secondary N) is 2. The van der Waals surface area contributed by atoms with Gasteiger partial charge >= 0.3 is 0 Å². The Hall–Kier alpha value is -2.86. The van der Waals surface area contributed by atoms with Gasteiger partial charge in [-0.25, -0.2) is 0 Å². The zero-order chi connectivity index (χ0) is 19.2. The van der Waals surface area contributed by atoms with E-state index in [1.165, 1.54) is 0 Å². The molecule has 0 bridgehead atoms. The zero-order valence-corrected chi connectivity index (χ0v) is 16.0. The molecular formula is C20H21ClN4O2. The first-order valence-electron chi connectivity index (χ1n) is 8.78. The van der Waals surface area contributed by atoms with Gasteiger partial charge in [0.05, 0.1) is 6.54 Å². The lowest BCUT2D eigenvalue weighted by Gasteiger charge is -2.13. The highest BCUT2D eigenvalue weighted by Crippen LogP contribution is 2.24. The molecule has 1 heterocycles. The molecular weight excluding hydrogens is 364 g/mol. The molecule has 1 aromatic heterocycles. The van der Waals surface area contributed by atoms with Crippen molar-refractivity contribution in [2.45, 2.75) is 33.2 Å². The van der Waals surface area contributed by atoms with Gasteiger partial charge in [-0.2, -0.15) is 4.98 Å². The molecule has 1 amide bonds. The van der Waals surface area contributed by atoms with Gasteiger partial charge in [-0.3, -0.25) is 4.79 Å². The van der Waals surface area contributed by atoms with Crippen LogP contribution in [0.15, 0.2) is 47.0 Å². The number of rotatable bonds is 7. The summed E-state index contributed by atoms with van der Waals surface area (Å²) in [4.78, 5) is 16.2.